The van der Waals surface area contributed by atoms with Crippen LogP contribution in [-0.2, 0) is 4.57 Å². The van der Waals surface area contributed by atoms with Crippen LogP contribution >= 0.6 is 18.7 Å². The van der Waals surface area contributed by atoms with Crippen molar-refractivity contribution in [3.8, 4) is 0 Å². The van der Waals surface area contributed by atoms with E-state index in [1.54, 1.807) is 19.5 Å². The van der Waals surface area contributed by atoms with Crippen molar-refractivity contribution in [3.63, 3.8) is 0 Å². The number of nitrogens with two attached hydrogens (primary N) is 1. The molecule has 4 N–H and O–H groups in total. The zero-order chi connectivity index (χ0) is 23.6. The van der Waals surface area contributed by atoms with Crippen LogP contribution in [0, 0.1) is 6.92 Å². The number of aryl methyl sites for hydroxylation is 1. The van der Waals surface area contributed by atoms with Gasteiger partial charge in [-0.3, -0.25) is 0 Å². The molecule has 0 atom stereocenters. The molecule has 33 heavy (non-hydrogen) atoms. The van der Waals surface area contributed by atoms with Crippen molar-refractivity contribution in [1.82, 2.24) is 9.97 Å². The highest BCUT2D eigenvalue weighted by Crippen LogP contribution is 2.38. The monoisotopic (exact) mass is 484 g/mol. The number of benzene rings is 2. The van der Waals surface area contributed by atoms with Gasteiger partial charge in [0.25, 0.3) is 0 Å². The smallest absolute Gasteiger partial charge is 0.229 e. The Hall–Kier alpha value is -2.60. The summed E-state index contributed by atoms with van der Waals surface area (Å²) in [5, 5.41) is 7.63. The first-order chi connectivity index (χ1) is 15.7. The van der Waals surface area contributed by atoms with Crippen molar-refractivity contribution in [2.75, 3.05) is 42.0 Å². The summed E-state index contributed by atoms with van der Waals surface area (Å²) in [7, 11) is -2.48. The Balaban J connectivity index is 1.53. The third-order valence-electron chi connectivity index (χ3n) is 5.81. The van der Waals surface area contributed by atoms with E-state index in [-0.39, 0.29) is 0 Å². The van der Waals surface area contributed by atoms with Crippen molar-refractivity contribution < 1.29 is 4.57 Å². The van der Waals surface area contributed by atoms with Crippen LogP contribution in [0.2, 0.25) is 5.02 Å². The van der Waals surface area contributed by atoms with Crippen molar-refractivity contribution in [1.29, 1.82) is 0 Å². The summed E-state index contributed by atoms with van der Waals surface area (Å²) in [5.74, 6) is 0.875. The zero-order valence-corrected chi connectivity index (χ0v) is 20.8. The molecule has 1 aromatic heterocycles. The molecule has 1 aliphatic rings. The fourth-order valence-corrected chi connectivity index (χ4v) is 5.34. The number of hydrogen-bond donors (Lipinski definition) is 3. The molecule has 4 rings (SSSR count). The van der Waals surface area contributed by atoms with E-state index in [9.17, 15) is 4.57 Å². The molecule has 2 heterocycles. The Labute approximate surface area is 200 Å². The number of hydrogen-bond acceptors (Lipinski definition) is 7. The third-order valence-corrected chi connectivity index (χ3v) is 7.64. The second-order valence-electron chi connectivity index (χ2n) is 8.83. The molecule has 9 heteroatoms. The van der Waals surface area contributed by atoms with Crippen molar-refractivity contribution in [2.24, 2.45) is 5.73 Å². The highest BCUT2D eigenvalue weighted by molar-refractivity contribution is 7.70. The number of anilines is 5. The molecular weight excluding hydrogens is 455 g/mol. The molecule has 2 aromatic carbocycles. The van der Waals surface area contributed by atoms with Gasteiger partial charge >= 0.3 is 0 Å². The van der Waals surface area contributed by atoms with Crippen LogP contribution in [0.1, 0.15) is 18.4 Å². The molecule has 174 valence electrons. The lowest BCUT2D eigenvalue weighted by molar-refractivity contribution is 0.501. The molecule has 0 spiro atoms. The van der Waals surface area contributed by atoms with E-state index in [1.165, 1.54) is 11.3 Å². The van der Waals surface area contributed by atoms with Gasteiger partial charge in [-0.2, -0.15) is 4.98 Å². The Kier molecular flexibility index (Phi) is 6.94. The van der Waals surface area contributed by atoms with E-state index in [0.29, 0.717) is 22.8 Å². The largest absolute Gasteiger partial charge is 0.371 e. The molecular formula is C24H30ClN6OP. The lowest BCUT2D eigenvalue weighted by Gasteiger charge is -2.33. The standard InChI is InChI=1S/C24H30ClN6OP/c1-16-14-18(8-9-21(16)31-12-10-17(26)11-13-31)28-24-27-15-19(25)23(30-24)29-20-6-4-5-7-22(20)33(2,3)32/h4-9,14-15,17H,10-13,26H2,1-3H3,(H2,27,28,29,30). The predicted molar refractivity (Wildman–Crippen MR) is 140 cm³/mol. The zero-order valence-electron chi connectivity index (χ0n) is 19.2. The van der Waals surface area contributed by atoms with Crippen LogP contribution in [0.4, 0.5) is 28.8 Å². The summed E-state index contributed by atoms with van der Waals surface area (Å²) < 4.78 is 12.7. The quantitative estimate of drug-likeness (QED) is 0.419. The molecule has 1 fully saturated rings. The fraction of sp³-hybridized carbons (Fsp3) is 0.333. The Morgan fingerprint density at radius 3 is 2.55 bits per heavy atom. The maximum atomic E-state index is 12.7. The first kappa shape index (κ1) is 23.6. The van der Waals surface area contributed by atoms with Gasteiger partial charge in [-0.25, -0.2) is 4.98 Å². The van der Waals surface area contributed by atoms with Crippen LogP contribution in [0.25, 0.3) is 0 Å². The van der Waals surface area contributed by atoms with E-state index in [0.717, 1.165) is 42.6 Å². The fourth-order valence-electron chi connectivity index (χ4n) is 4.05. The van der Waals surface area contributed by atoms with E-state index >= 15 is 0 Å². The van der Waals surface area contributed by atoms with Gasteiger partial charge in [-0.15, -0.1) is 0 Å². The molecule has 0 aliphatic carbocycles. The highest BCUT2D eigenvalue weighted by atomic mass is 35.5. The van der Waals surface area contributed by atoms with Gasteiger partial charge in [0.2, 0.25) is 5.95 Å². The Bertz CT molecular complexity index is 1190. The molecule has 0 unspecified atom stereocenters. The van der Waals surface area contributed by atoms with Gasteiger partial charge in [-0.05, 0) is 69.0 Å². The predicted octanol–water partition coefficient (Wildman–Crippen LogP) is 5.10. The van der Waals surface area contributed by atoms with Crippen LogP contribution in [0.15, 0.2) is 48.7 Å². The lowest BCUT2D eigenvalue weighted by atomic mass is 10.0. The van der Waals surface area contributed by atoms with Gasteiger partial charge in [0.15, 0.2) is 5.82 Å². The Morgan fingerprint density at radius 2 is 1.85 bits per heavy atom. The summed E-state index contributed by atoms with van der Waals surface area (Å²) in [4.78, 5) is 11.3. The van der Waals surface area contributed by atoms with Crippen LogP contribution in [0.3, 0.4) is 0 Å². The van der Waals surface area contributed by atoms with E-state index in [2.05, 4.69) is 44.6 Å². The van der Waals surface area contributed by atoms with Gasteiger partial charge < -0.3 is 25.8 Å². The van der Waals surface area contributed by atoms with Crippen molar-refractivity contribution >= 4 is 52.9 Å². The van der Waals surface area contributed by atoms with Gasteiger partial charge in [0.1, 0.15) is 12.2 Å². The maximum absolute atomic E-state index is 12.7. The lowest BCUT2D eigenvalue weighted by Crippen LogP contribution is -2.39. The minimum atomic E-state index is -2.48. The summed E-state index contributed by atoms with van der Waals surface area (Å²) in [6.07, 6.45) is 3.59. The van der Waals surface area contributed by atoms with Gasteiger partial charge in [0, 0.05) is 35.8 Å². The minimum absolute atomic E-state index is 0.306. The highest BCUT2D eigenvalue weighted by Gasteiger charge is 2.19. The molecule has 0 radical (unpaired) electrons. The average Bonchev–Trinajstić information content (AvgIpc) is 2.77. The van der Waals surface area contributed by atoms with Crippen LogP contribution in [-0.4, -0.2) is 42.4 Å². The molecule has 0 saturated carbocycles. The first-order valence-corrected chi connectivity index (χ1v) is 14.0. The van der Waals surface area contributed by atoms with Gasteiger partial charge in [0.05, 0.1) is 11.9 Å². The van der Waals surface area contributed by atoms with Crippen LogP contribution in [0.5, 0.6) is 0 Å². The maximum Gasteiger partial charge on any atom is 0.229 e. The van der Waals surface area contributed by atoms with E-state index in [1.807, 2.05) is 30.3 Å². The third kappa shape index (κ3) is 5.67. The minimum Gasteiger partial charge on any atom is -0.371 e. The second-order valence-corrected chi connectivity index (χ2v) is 12.4. The van der Waals surface area contributed by atoms with Crippen molar-refractivity contribution in [3.05, 3.63) is 59.2 Å². The number of para-hydroxylation sites is 1. The average molecular weight is 485 g/mol. The number of piperidine rings is 1. The molecule has 1 aliphatic heterocycles. The summed E-state index contributed by atoms with van der Waals surface area (Å²) in [5.41, 5.74) is 10.1. The van der Waals surface area contributed by atoms with Crippen molar-refractivity contribution in [2.45, 2.75) is 25.8 Å². The van der Waals surface area contributed by atoms with Gasteiger partial charge in [-0.1, -0.05) is 23.7 Å². The number of nitrogens with zero attached hydrogens (tertiary/aromatic N) is 3. The molecule has 0 amide bonds. The number of rotatable bonds is 6. The number of nitrogens with one attached hydrogen (secondary N) is 2. The SMILES string of the molecule is Cc1cc(Nc2ncc(Cl)c(Nc3ccccc3P(C)(C)=O)n2)ccc1N1CCC(N)CC1. The summed E-state index contributed by atoms with van der Waals surface area (Å²) in [6, 6.07) is 14.0. The van der Waals surface area contributed by atoms with Crippen LogP contribution < -0.4 is 26.6 Å². The summed E-state index contributed by atoms with van der Waals surface area (Å²) in [6.45, 7) is 7.55. The molecule has 1 saturated heterocycles. The molecule has 3 aromatic rings. The number of halogens is 1. The first-order valence-electron chi connectivity index (χ1n) is 11.0. The summed E-state index contributed by atoms with van der Waals surface area (Å²) >= 11 is 6.36. The van der Waals surface area contributed by atoms with E-state index < -0.39 is 7.14 Å². The molecule has 0 bridgehead atoms. The normalized spacial score (nSPS) is 14.9. The number of aromatic nitrogens is 2. The second kappa shape index (κ2) is 9.72. The Morgan fingerprint density at radius 1 is 1.12 bits per heavy atom. The van der Waals surface area contributed by atoms with E-state index in [4.69, 9.17) is 17.3 Å². The molecule has 7 nitrogen and oxygen atoms in total. The topological polar surface area (TPSA) is 96.2 Å².